The minimum absolute atomic E-state index is 0.799. The minimum atomic E-state index is 0.799. The number of hydrogen-bond donors (Lipinski definition) is 2. The first-order valence-corrected chi connectivity index (χ1v) is 3.06. The Hall–Kier alpha value is -1.06. The zero-order valence-electron chi connectivity index (χ0n) is 6.05. The Morgan fingerprint density at radius 3 is 2.50 bits per heavy atom. The van der Waals surface area contributed by atoms with Gasteiger partial charge in [0.05, 0.1) is 7.11 Å². The Balaban J connectivity index is 3.09. The molecule has 0 spiro atoms. The van der Waals surface area contributed by atoms with Crippen LogP contribution in [0.5, 0.6) is 5.75 Å². The highest BCUT2D eigenvalue weighted by atomic mass is 16.5. The van der Waals surface area contributed by atoms with Gasteiger partial charge in [0, 0.05) is 18.2 Å². The van der Waals surface area contributed by atoms with Gasteiger partial charge in [0.15, 0.2) is 11.4 Å². The third-order valence-corrected chi connectivity index (χ3v) is 1.35. The molecule has 0 aliphatic rings. The van der Waals surface area contributed by atoms with E-state index in [9.17, 15) is 0 Å². The van der Waals surface area contributed by atoms with E-state index in [1.165, 1.54) is 0 Å². The summed E-state index contributed by atoms with van der Waals surface area (Å²) in [6, 6.07) is 5.66. The van der Waals surface area contributed by atoms with Crippen molar-refractivity contribution in [3.63, 3.8) is 0 Å². The molecule has 0 aliphatic carbocycles. The Bertz CT molecular complexity index is 235. The SMILES string of the molecule is COc1cc([NH3+])ccc1[NH3+]. The molecule has 0 heterocycles. The molecule has 0 bridgehead atoms. The Labute approximate surface area is 59.6 Å². The van der Waals surface area contributed by atoms with E-state index in [2.05, 4.69) is 11.5 Å². The Morgan fingerprint density at radius 1 is 1.30 bits per heavy atom. The molecule has 3 nitrogen and oxygen atoms in total. The molecule has 6 N–H and O–H groups in total. The highest BCUT2D eigenvalue weighted by Crippen LogP contribution is 2.20. The Kier molecular flexibility index (Phi) is 1.89. The van der Waals surface area contributed by atoms with Gasteiger partial charge in [-0.15, -0.1) is 0 Å². The fourth-order valence-electron chi connectivity index (χ4n) is 0.789. The number of rotatable bonds is 1. The van der Waals surface area contributed by atoms with Crippen molar-refractivity contribution in [3.8, 4) is 5.75 Å². The summed E-state index contributed by atoms with van der Waals surface area (Å²) in [5.74, 6) is 0.799. The summed E-state index contributed by atoms with van der Waals surface area (Å²) < 4.78 is 5.02. The van der Waals surface area contributed by atoms with E-state index in [0.29, 0.717) is 0 Å². The molecule has 10 heavy (non-hydrogen) atoms. The molecule has 0 amide bonds. The topological polar surface area (TPSA) is 64.5 Å². The Morgan fingerprint density at radius 2 is 2.00 bits per heavy atom. The van der Waals surface area contributed by atoms with E-state index in [4.69, 9.17) is 4.74 Å². The second kappa shape index (κ2) is 2.68. The van der Waals surface area contributed by atoms with Crippen LogP contribution < -0.4 is 16.2 Å². The van der Waals surface area contributed by atoms with Crippen molar-refractivity contribution in [3.05, 3.63) is 18.2 Å². The monoisotopic (exact) mass is 140 g/mol. The van der Waals surface area contributed by atoms with Crippen LogP contribution in [0.25, 0.3) is 0 Å². The van der Waals surface area contributed by atoms with E-state index in [0.717, 1.165) is 17.1 Å². The second-order valence-electron chi connectivity index (χ2n) is 2.15. The van der Waals surface area contributed by atoms with E-state index >= 15 is 0 Å². The van der Waals surface area contributed by atoms with Gasteiger partial charge in [-0.1, -0.05) is 0 Å². The van der Waals surface area contributed by atoms with Crippen LogP contribution in [-0.2, 0) is 0 Å². The average molecular weight is 140 g/mol. The molecular weight excluding hydrogens is 128 g/mol. The minimum Gasteiger partial charge on any atom is -0.491 e. The van der Waals surface area contributed by atoms with Gasteiger partial charge in [-0.2, -0.15) is 0 Å². The number of hydrogen-bond acceptors (Lipinski definition) is 1. The molecule has 1 aromatic carbocycles. The third kappa shape index (κ3) is 1.26. The van der Waals surface area contributed by atoms with Gasteiger partial charge in [0.1, 0.15) is 5.69 Å². The van der Waals surface area contributed by atoms with Crippen molar-refractivity contribution in [1.82, 2.24) is 0 Å². The van der Waals surface area contributed by atoms with Crippen LogP contribution >= 0.6 is 0 Å². The predicted octanol–water partition coefficient (Wildman–Crippen LogP) is -0.558. The van der Waals surface area contributed by atoms with E-state index in [-0.39, 0.29) is 0 Å². The van der Waals surface area contributed by atoms with E-state index < -0.39 is 0 Å². The largest absolute Gasteiger partial charge is 0.491 e. The van der Waals surface area contributed by atoms with Crippen LogP contribution in [0.2, 0.25) is 0 Å². The fraction of sp³-hybridized carbons (Fsp3) is 0.143. The average Bonchev–Trinajstić information content (AvgIpc) is 1.94. The summed E-state index contributed by atoms with van der Waals surface area (Å²) in [7, 11) is 1.63. The molecule has 0 unspecified atom stereocenters. The molecule has 1 aromatic rings. The van der Waals surface area contributed by atoms with Crippen molar-refractivity contribution >= 4 is 11.4 Å². The molecule has 0 fully saturated rings. The molecular formula is C7H12N2O+2. The van der Waals surface area contributed by atoms with Crippen LogP contribution in [0.4, 0.5) is 11.4 Å². The number of ether oxygens (including phenoxy) is 1. The van der Waals surface area contributed by atoms with Crippen LogP contribution in [0.1, 0.15) is 0 Å². The summed E-state index contributed by atoms with van der Waals surface area (Å²) >= 11 is 0. The summed E-state index contributed by atoms with van der Waals surface area (Å²) in [5, 5.41) is 0. The van der Waals surface area contributed by atoms with E-state index in [1.807, 2.05) is 18.2 Å². The molecule has 0 radical (unpaired) electrons. The number of quaternary nitrogens is 2. The van der Waals surface area contributed by atoms with Gasteiger partial charge in [0.2, 0.25) is 0 Å². The lowest BCUT2D eigenvalue weighted by atomic mass is 10.3. The maximum atomic E-state index is 5.02. The quantitative estimate of drug-likeness (QED) is 0.539. The van der Waals surface area contributed by atoms with Crippen molar-refractivity contribution in [2.75, 3.05) is 7.11 Å². The van der Waals surface area contributed by atoms with Crippen LogP contribution in [0.15, 0.2) is 18.2 Å². The highest BCUT2D eigenvalue weighted by Gasteiger charge is 2.02. The first-order chi connectivity index (χ1) is 4.74. The molecule has 0 aromatic heterocycles. The molecule has 1 rings (SSSR count). The van der Waals surface area contributed by atoms with Gasteiger partial charge in [-0.3, -0.25) is 0 Å². The number of benzene rings is 1. The zero-order chi connectivity index (χ0) is 7.56. The van der Waals surface area contributed by atoms with Crippen LogP contribution in [0, 0.1) is 0 Å². The number of methoxy groups -OCH3 is 1. The first-order valence-electron chi connectivity index (χ1n) is 3.06. The van der Waals surface area contributed by atoms with Crippen molar-refractivity contribution in [1.29, 1.82) is 0 Å². The van der Waals surface area contributed by atoms with Crippen LogP contribution in [0.3, 0.4) is 0 Å². The van der Waals surface area contributed by atoms with Crippen molar-refractivity contribution in [2.24, 2.45) is 0 Å². The predicted molar refractivity (Wildman–Crippen MR) is 38.1 cm³/mol. The molecule has 3 heteroatoms. The molecule has 0 atom stereocenters. The van der Waals surface area contributed by atoms with Gasteiger partial charge < -0.3 is 16.2 Å². The lowest BCUT2D eigenvalue weighted by Gasteiger charge is -1.98. The van der Waals surface area contributed by atoms with Crippen molar-refractivity contribution < 1.29 is 16.2 Å². The third-order valence-electron chi connectivity index (χ3n) is 1.35. The molecule has 0 saturated carbocycles. The van der Waals surface area contributed by atoms with Gasteiger partial charge >= 0.3 is 0 Å². The summed E-state index contributed by atoms with van der Waals surface area (Å²) in [6.07, 6.45) is 0. The summed E-state index contributed by atoms with van der Waals surface area (Å²) in [5.41, 5.74) is 9.39. The second-order valence-corrected chi connectivity index (χ2v) is 2.15. The van der Waals surface area contributed by atoms with Gasteiger partial charge in [-0.05, 0) is 0 Å². The maximum Gasteiger partial charge on any atom is 0.185 e. The highest BCUT2D eigenvalue weighted by molar-refractivity contribution is 5.51. The molecule has 0 saturated heterocycles. The van der Waals surface area contributed by atoms with Gasteiger partial charge in [-0.25, -0.2) is 0 Å². The lowest BCUT2D eigenvalue weighted by molar-refractivity contribution is -0.261. The van der Waals surface area contributed by atoms with Crippen molar-refractivity contribution in [2.45, 2.75) is 0 Å². The first kappa shape index (κ1) is 7.05. The smallest absolute Gasteiger partial charge is 0.185 e. The standard InChI is InChI=1S/C7H10N2O/c1-10-7-4-5(8)2-3-6(7)9/h2-4H,8-9H2,1H3/p+2. The van der Waals surface area contributed by atoms with Gasteiger partial charge in [0.25, 0.3) is 0 Å². The lowest BCUT2D eigenvalue weighted by Crippen LogP contribution is -2.43. The van der Waals surface area contributed by atoms with E-state index in [1.54, 1.807) is 7.11 Å². The summed E-state index contributed by atoms with van der Waals surface area (Å²) in [4.78, 5) is 0. The molecule has 0 aliphatic heterocycles. The zero-order valence-corrected chi connectivity index (χ0v) is 6.05. The summed E-state index contributed by atoms with van der Waals surface area (Å²) in [6.45, 7) is 0. The fourth-order valence-corrected chi connectivity index (χ4v) is 0.789. The van der Waals surface area contributed by atoms with Crippen LogP contribution in [-0.4, -0.2) is 7.11 Å². The maximum absolute atomic E-state index is 5.02. The normalized spacial score (nSPS) is 9.50. The molecule has 54 valence electrons.